The quantitative estimate of drug-likeness (QED) is 0.481. The first-order valence-corrected chi connectivity index (χ1v) is 13.8. The van der Waals surface area contributed by atoms with Gasteiger partial charge in [-0.1, -0.05) is 34.5 Å². The zero-order chi connectivity index (χ0) is 26.0. The third-order valence-electron chi connectivity index (χ3n) is 5.86. The molecule has 1 amide bonds. The molecule has 1 unspecified atom stereocenters. The zero-order valence-corrected chi connectivity index (χ0v) is 22.1. The number of carbonyl (C=O) groups is 1. The van der Waals surface area contributed by atoms with Crippen LogP contribution in [0.4, 0.5) is 13.2 Å². The minimum absolute atomic E-state index is 0.0111. The van der Waals surface area contributed by atoms with E-state index in [1.807, 2.05) is 4.90 Å². The van der Waals surface area contributed by atoms with E-state index in [9.17, 15) is 26.4 Å². The Morgan fingerprint density at radius 3 is 2.63 bits per heavy atom. The highest BCUT2D eigenvalue weighted by Gasteiger charge is 2.36. The van der Waals surface area contributed by atoms with E-state index in [0.717, 1.165) is 18.9 Å². The fraction of sp³-hybridized carbons (Fsp3) is 0.435. The molecule has 1 saturated heterocycles. The maximum atomic E-state index is 13.9. The van der Waals surface area contributed by atoms with Gasteiger partial charge in [-0.3, -0.25) is 9.69 Å². The molecule has 0 radical (unpaired) electrons. The molecule has 0 spiro atoms. The lowest BCUT2D eigenvalue weighted by Crippen LogP contribution is -2.42. The molecule has 2 aromatic rings. The Morgan fingerprint density at radius 2 is 2.00 bits per heavy atom. The van der Waals surface area contributed by atoms with Gasteiger partial charge in [-0.2, -0.15) is 13.2 Å². The van der Waals surface area contributed by atoms with Gasteiger partial charge in [-0.25, -0.2) is 8.42 Å². The van der Waals surface area contributed by atoms with Gasteiger partial charge < -0.3 is 11.1 Å². The summed E-state index contributed by atoms with van der Waals surface area (Å²) in [5.41, 5.74) is 5.14. The Bertz CT molecular complexity index is 1210. The summed E-state index contributed by atoms with van der Waals surface area (Å²) >= 11 is 9.21. The molecule has 0 bridgehead atoms. The van der Waals surface area contributed by atoms with Crippen LogP contribution in [0.3, 0.4) is 0 Å². The van der Waals surface area contributed by atoms with Crippen molar-refractivity contribution in [3.8, 4) is 0 Å². The van der Waals surface area contributed by atoms with Crippen LogP contribution in [0.15, 0.2) is 39.7 Å². The Kier molecular flexibility index (Phi) is 8.91. The van der Waals surface area contributed by atoms with Crippen molar-refractivity contribution >= 4 is 43.3 Å². The van der Waals surface area contributed by atoms with Gasteiger partial charge in [0.15, 0.2) is 9.84 Å². The minimum Gasteiger partial charge on any atom is -0.348 e. The predicted molar refractivity (Wildman–Crippen MR) is 132 cm³/mol. The number of nitrogens with two attached hydrogens (primary N) is 1. The van der Waals surface area contributed by atoms with Gasteiger partial charge in [-0.05, 0) is 60.8 Å². The maximum Gasteiger partial charge on any atom is 0.416 e. The van der Waals surface area contributed by atoms with E-state index in [2.05, 4.69) is 21.2 Å². The molecule has 192 valence electrons. The maximum absolute atomic E-state index is 13.9. The summed E-state index contributed by atoms with van der Waals surface area (Å²) < 4.78 is 66.7. The lowest BCUT2D eigenvalue weighted by Gasteiger charge is -2.31. The summed E-state index contributed by atoms with van der Waals surface area (Å²) in [6.07, 6.45) is -3.04. The van der Waals surface area contributed by atoms with Crippen molar-refractivity contribution in [2.24, 2.45) is 5.73 Å². The molecule has 3 N–H and O–H groups in total. The Balaban J connectivity index is 1.87. The molecule has 1 heterocycles. The second kappa shape index (κ2) is 11.2. The van der Waals surface area contributed by atoms with Crippen LogP contribution in [0, 0.1) is 0 Å². The topological polar surface area (TPSA) is 92.5 Å². The van der Waals surface area contributed by atoms with Gasteiger partial charge in [-0.15, -0.1) is 0 Å². The van der Waals surface area contributed by atoms with Crippen molar-refractivity contribution in [1.29, 1.82) is 0 Å². The van der Waals surface area contributed by atoms with E-state index in [4.69, 9.17) is 17.3 Å². The fourth-order valence-corrected chi connectivity index (χ4v) is 5.96. The number of likely N-dealkylation sites (tertiary alicyclic amines) is 1. The third-order valence-corrected chi connectivity index (χ3v) is 8.63. The molecule has 2 aromatic carbocycles. The monoisotopic (exact) mass is 595 g/mol. The van der Waals surface area contributed by atoms with Crippen LogP contribution in [-0.4, -0.2) is 44.1 Å². The molecule has 1 fully saturated rings. The highest BCUT2D eigenvalue weighted by molar-refractivity contribution is 9.10. The molecular weight excluding hydrogens is 571 g/mol. The van der Waals surface area contributed by atoms with Crippen LogP contribution < -0.4 is 11.1 Å². The number of hydrogen-bond acceptors (Lipinski definition) is 5. The molecular formula is C23H26BrClF3N3O3S. The van der Waals surface area contributed by atoms with Crippen LogP contribution in [-0.2, 0) is 29.1 Å². The molecule has 1 aliphatic rings. The predicted octanol–water partition coefficient (Wildman–Crippen LogP) is 4.77. The molecule has 12 heteroatoms. The van der Waals surface area contributed by atoms with E-state index in [1.165, 1.54) is 31.2 Å². The molecule has 6 nitrogen and oxygen atoms in total. The van der Waals surface area contributed by atoms with Crippen molar-refractivity contribution in [2.45, 2.75) is 50.0 Å². The molecule has 1 aliphatic heterocycles. The average Bonchev–Trinajstić information content (AvgIpc) is 2.77. The van der Waals surface area contributed by atoms with Gasteiger partial charge in [0.25, 0.3) is 5.91 Å². The Labute approximate surface area is 216 Å². The highest BCUT2D eigenvalue weighted by atomic mass is 79.9. The number of benzene rings is 2. The van der Waals surface area contributed by atoms with E-state index < -0.39 is 27.5 Å². The third kappa shape index (κ3) is 6.97. The van der Waals surface area contributed by atoms with Crippen LogP contribution in [0.25, 0.3) is 0 Å². The van der Waals surface area contributed by atoms with Crippen molar-refractivity contribution in [2.75, 3.05) is 18.8 Å². The Morgan fingerprint density at radius 1 is 1.29 bits per heavy atom. The van der Waals surface area contributed by atoms with Crippen molar-refractivity contribution in [3.63, 3.8) is 0 Å². The molecule has 1 atom stereocenters. The first-order valence-electron chi connectivity index (χ1n) is 11.0. The highest BCUT2D eigenvalue weighted by Crippen LogP contribution is 2.37. The fourth-order valence-electron chi connectivity index (χ4n) is 4.06. The number of rotatable bonds is 7. The summed E-state index contributed by atoms with van der Waals surface area (Å²) in [5, 5.41) is 2.79. The first-order chi connectivity index (χ1) is 16.3. The van der Waals surface area contributed by atoms with Gasteiger partial charge in [0.05, 0.1) is 16.2 Å². The van der Waals surface area contributed by atoms with Crippen molar-refractivity contribution < 1.29 is 26.4 Å². The normalized spacial score (nSPS) is 17.4. The number of alkyl halides is 3. The summed E-state index contributed by atoms with van der Waals surface area (Å²) in [6, 6.07) is 6.26. The van der Waals surface area contributed by atoms with Gasteiger partial charge in [0, 0.05) is 40.7 Å². The largest absolute Gasteiger partial charge is 0.416 e. The molecule has 0 aromatic heterocycles. The molecule has 3 rings (SSSR count). The van der Waals surface area contributed by atoms with Gasteiger partial charge in [0.1, 0.15) is 0 Å². The number of hydrogen-bond donors (Lipinski definition) is 2. The number of nitrogens with zero attached hydrogens (tertiary/aromatic N) is 1. The zero-order valence-electron chi connectivity index (χ0n) is 19.0. The van der Waals surface area contributed by atoms with Crippen molar-refractivity contribution in [1.82, 2.24) is 10.2 Å². The van der Waals surface area contributed by atoms with E-state index >= 15 is 0 Å². The van der Waals surface area contributed by atoms with Crippen LogP contribution in [0.2, 0.25) is 5.02 Å². The summed E-state index contributed by atoms with van der Waals surface area (Å²) in [7, 11) is -3.59. The number of amides is 1. The SMILES string of the molecule is CCS(=O)(=O)c1ccc(Cl)cc1CNC(=O)c1cc(Br)c(CN2CCCC(N)C2)c(C(F)(F)F)c1. The summed E-state index contributed by atoms with van der Waals surface area (Å²) in [4.78, 5) is 14.7. The van der Waals surface area contributed by atoms with Crippen LogP contribution in [0.5, 0.6) is 0 Å². The Hall–Kier alpha value is -1.66. The van der Waals surface area contributed by atoms with Crippen LogP contribution in [0.1, 0.15) is 46.8 Å². The van der Waals surface area contributed by atoms with Gasteiger partial charge in [0.2, 0.25) is 0 Å². The first kappa shape index (κ1) is 27.9. The molecule has 0 aliphatic carbocycles. The number of sulfone groups is 1. The van der Waals surface area contributed by atoms with E-state index in [1.54, 1.807) is 0 Å². The number of halogens is 5. The standard InChI is InChI=1S/C23H26BrClF3N3O3S/c1-2-35(33,34)21-6-5-16(25)8-15(21)11-30-22(32)14-9-19(23(26,27)28)18(20(24)10-14)13-31-7-3-4-17(29)12-31/h5-6,8-10,17H,2-4,7,11-13,29H2,1H3,(H,30,32). The van der Waals surface area contributed by atoms with Crippen molar-refractivity contribution in [3.05, 3.63) is 62.1 Å². The lowest BCUT2D eigenvalue weighted by molar-refractivity contribution is -0.138. The molecule has 0 saturated carbocycles. The van der Waals surface area contributed by atoms with Gasteiger partial charge >= 0.3 is 6.18 Å². The second-order valence-electron chi connectivity index (χ2n) is 8.46. The average molecular weight is 597 g/mol. The number of piperidine rings is 1. The van der Waals surface area contributed by atoms with Crippen LogP contribution >= 0.6 is 27.5 Å². The smallest absolute Gasteiger partial charge is 0.348 e. The second-order valence-corrected chi connectivity index (χ2v) is 12.0. The lowest BCUT2D eigenvalue weighted by atomic mass is 10.00. The summed E-state index contributed by atoms with van der Waals surface area (Å²) in [5.74, 6) is -0.927. The minimum atomic E-state index is -4.68. The van der Waals surface area contributed by atoms with E-state index in [-0.39, 0.29) is 56.0 Å². The number of nitrogens with one attached hydrogen (secondary N) is 1. The molecule has 35 heavy (non-hydrogen) atoms. The summed E-state index contributed by atoms with van der Waals surface area (Å²) in [6.45, 7) is 2.45. The number of carbonyl (C=O) groups excluding carboxylic acids is 1. The van der Waals surface area contributed by atoms with E-state index in [0.29, 0.717) is 13.1 Å².